The summed E-state index contributed by atoms with van der Waals surface area (Å²) in [7, 11) is 0. The van der Waals surface area contributed by atoms with E-state index in [1.807, 2.05) is 0 Å². The SMILES string of the molecule is CC(C)(C)c1ccc(C(c2ccc(C(C)(C)C)cc2)(c2ccc(C(C)(C)C)cc2)c2ccc(-c3ccc(C(c4ccc(C(C)(C)C)cc4)(c4ccc(C(C)(C)C)cc4)c4ccc(C(C)(C)C)cc4)cn3)nc2)cc1. The fraction of sp³-hybridized carbons (Fsp3) is 0.361. The van der Waals surface area contributed by atoms with Crippen LogP contribution in [0, 0.1) is 0 Å². The molecule has 0 amide bonds. The quantitative estimate of drug-likeness (QED) is 0.135. The lowest BCUT2D eigenvalue weighted by molar-refractivity contribution is 0.586. The average molecular weight is 977 g/mol. The van der Waals surface area contributed by atoms with Crippen LogP contribution in [0.5, 0.6) is 0 Å². The first kappa shape index (κ1) is 53.9. The van der Waals surface area contributed by atoms with Crippen LogP contribution in [0.4, 0.5) is 0 Å². The van der Waals surface area contributed by atoms with Crippen molar-refractivity contribution in [2.24, 2.45) is 0 Å². The number of hydrogen-bond donors (Lipinski definition) is 0. The first-order chi connectivity index (χ1) is 34.4. The van der Waals surface area contributed by atoms with Gasteiger partial charge in [-0.2, -0.15) is 0 Å². The van der Waals surface area contributed by atoms with Crippen molar-refractivity contribution >= 4 is 0 Å². The molecule has 2 aromatic heterocycles. The van der Waals surface area contributed by atoms with Crippen molar-refractivity contribution in [3.8, 4) is 11.4 Å². The Labute approximate surface area is 447 Å². The van der Waals surface area contributed by atoms with E-state index in [4.69, 9.17) is 9.97 Å². The van der Waals surface area contributed by atoms with E-state index < -0.39 is 10.8 Å². The van der Waals surface area contributed by atoms with Gasteiger partial charge in [0.25, 0.3) is 0 Å². The molecule has 0 unspecified atom stereocenters. The zero-order valence-electron chi connectivity index (χ0n) is 48.2. The van der Waals surface area contributed by atoms with Crippen molar-refractivity contribution in [2.45, 2.75) is 168 Å². The van der Waals surface area contributed by atoms with E-state index in [9.17, 15) is 0 Å². The predicted octanol–water partition coefficient (Wildman–Crippen LogP) is 18.7. The van der Waals surface area contributed by atoms with Crippen molar-refractivity contribution in [3.63, 3.8) is 0 Å². The fourth-order valence-electron chi connectivity index (χ4n) is 10.9. The molecule has 6 aromatic carbocycles. The van der Waals surface area contributed by atoms with Gasteiger partial charge in [-0.1, -0.05) is 282 Å². The van der Waals surface area contributed by atoms with Crippen LogP contribution in [0.3, 0.4) is 0 Å². The lowest BCUT2D eigenvalue weighted by atomic mass is 9.64. The molecule has 0 saturated carbocycles. The Morgan fingerprint density at radius 1 is 0.176 bits per heavy atom. The molecular formula is C72H84N2. The lowest BCUT2D eigenvalue weighted by Crippen LogP contribution is -2.32. The summed E-state index contributed by atoms with van der Waals surface area (Å²) in [5, 5.41) is 0. The molecule has 74 heavy (non-hydrogen) atoms. The van der Waals surface area contributed by atoms with Crippen LogP contribution in [0.15, 0.2) is 182 Å². The van der Waals surface area contributed by atoms with E-state index in [1.54, 1.807) is 0 Å². The molecule has 2 nitrogen and oxygen atoms in total. The van der Waals surface area contributed by atoms with Gasteiger partial charge in [0.1, 0.15) is 0 Å². The van der Waals surface area contributed by atoms with Gasteiger partial charge in [-0.25, -0.2) is 0 Å². The molecule has 0 N–H and O–H groups in total. The molecule has 0 fully saturated rings. The monoisotopic (exact) mass is 977 g/mol. The highest BCUT2D eigenvalue weighted by Crippen LogP contribution is 2.49. The van der Waals surface area contributed by atoms with Crippen molar-refractivity contribution in [2.75, 3.05) is 0 Å². The second-order valence-electron chi connectivity index (χ2n) is 27.3. The van der Waals surface area contributed by atoms with Crippen molar-refractivity contribution in [1.82, 2.24) is 9.97 Å². The molecule has 0 bridgehead atoms. The van der Waals surface area contributed by atoms with Gasteiger partial charge >= 0.3 is 0 Å². The van der Waals surface area contributed by atoms with Crippen LogP contribution in [0.1, 0.15) is 203 Å². The third-order valence-corrected chi connectivity index (χ3v) is 15.8. The van der Waals surface area contributed by atoms with Gasteiger partial charge in [0.05, 0.1) is 22.2 Å². The fourth-order valence-corrected chi connectivity index (χ4v) is 10.9. The third-order valence-electron chi connectivity index (χ3n) is 15.8. The molecule has 0 saturated heterocycles. The highest BCUT2D eigenvalue weighted by molar-refractivity contribution is 5.65. The highest BCUT2D eigenvalue weighted by Gasteiger charge is 2.41. The van der Waals surface area contributed by atoms with E-state index in [-0.39, 0.29) is 32.5 Å². The standard InChI is InChI=1S/C72H84N2/c1-65(2,3)49-19-31-55(32-20-49)71(56-33-21-50(22-34-56)66(4,5)6,57-35-23-51(24-36-57)67(7,8)9)61-43-45-63(73-47-61)64-46-44-62(48-74-64)72(58-37-25-52(26-38-58)68(10,11)12,59-39-27-53(28-40-59)69(13,14)15)60-41-29-54(30-42-60)70(16,17)18/h19-48H,1-18H3. The molecule has 0 aliphatic heterocycles. The Balaban J connectivity index is 1.32. The summed E-state index contributed by atoms with van der Waals surface area (Å²) in [6, 6.07) is 65.0. The average Bonchev–Trinajstić information content (AvgIpc) is 3.34. The van der Waals surface area contributed by atoms with E-state index in [0.29, 0.717) is 0 Å². The number of nitrogens with zero attached hydrogens (tertiary/aromatic N) is 2. The van der Waals surface area contributed by atoms with Crippen LogP contribution >= 0.6 is 0 Å². The van der Waals surface area contributed by atoms with Gasteiger partial charge in [0.15, 0.2) is 0 Å². The number of aromatic nitrogens is 2. The summed E-state index contributed by atoms with van der Waals surface area (Å²) in [6.07, 6.45) is 4.21. The minimum atomic E-state index is -0.667. The molecule has 2 heteroatoms. The van der Waals surface area contributed by atoms with Crippen molar-refractivity contribution < 1.29 is 0 Å². The smallest absolute Gasteiger partial charge is 0.0886 e. The molecule has 8 rings (SSSR count). The summed E-state index contributed by atoms with van der Waals surface area (Å²) in [5.74, 6) is 0. The Morgan fingerprint density at radius 2 is 0.311 bits per heavy atom. The maximum atomic E-state index is 5.36. The molecular weight excluding hydrogens is 893 g/mol. The largest absolute Gasteiger partial charge is 0.254 e. The van der Waals surface area contributed by atoms with E-state index in [0.717, 1.165) is 22.5 Å². The van der Waals surface area contributed by atoms with Gasteiger partial charge in [-0.15, -0.1) is 0 Å². The molecule has 0 radical (unpaired) electrons. The second-order valence-corrected chi connectivity index (χ2v) is 27.3. The van der Waals surface area contributed by atoms with Crippen LogP contribution < -0.4 is 0 Å². The summed E-state index contributed by atoms with van der Waals surface area (Å²) >= 11 is 0. The molecule has 2 heterocycles. The number of rotatable bonds is 9. The maximum Gasteiger partial charge on any atom is 0.0886 e. The summed E-state index contributed by atoms with van der Waals surface area (Å²) in [6.45, 7) is 41.1. The first-order valence-corrected chi connectivity index (χ1v) is 27.0. The Morgan fingerprint density at radius 3 is 0.432 bits per heavy atom. The normalized spacial score (nSPS) is 13.3. The minimum Gasteiger partial charge on any atom is -0.254 e. The number of hydrogen-bond acceptors (Lipinski definition) is 2. The van der Waals surface area contributed by atoms with E-state index in [1.165, 1.54) is 66.8 Å². The van der Waals surface area contributed by atoms with Crippen LogP contribution in [0.25, 0.3) is 11.4 Å². The van der Waals surface area contributed by atoms with Gasteiger partial charge in [-0.3, -0.25) is 9.97 Å². The minimum absolute atomic E-state index is 0.0139. The maximum absolute atomic E-state index is 5.36. The topological polar surface area (TPSA) is 25.8 Å². The summed E-state index contributed by atoms with van der Waals surface area (Å²) in [5.41, 5.74) is 17.6. The first-order valence-electron chi connectivity index (χ1n) is 27.0. The summed E-state index contributed by atoms with van der Waals surface area (Å²) in [4.78, 5) is 10.7. The van der Waals surface area contributed by atoms with Gasteiger partial charge in [-0.05, 0) is 123 Å². The van der Waals surface area contributed by atoms with Gasteiger partial charge in [0, 0.05) is 12.4 Å². The highest BCUT2D eigenvalue weighted by atomic mass is 14.8. The van der Waals surface area contributed by atoms with E-state index in [2.05, 4.69) is 307 Å². The van der Waals surface area contributed by atoms with Crippen LogP contribution in [0.2, 0.25) is 0 Å². The van der Waals surface area contributed by atoms with Gasteiger partial charge < -0.3 is 0 Å². The Bertz CT molecular complexity index is 2650. The molecule has 0 spiro atoms. The molecule has 0 aliphatic rings. The summed E-state index contributed by atoms with van der Waals surface area (Å²) < 4.78 is 0. The van der Waals surface area contributed by atoms with E-state index >= 15 is 0 Å². The third kappa shape index (κ3) is 10.5. The van der Waals surface area contributed by atoms with Crippen LogP contribution in [-0.2, 0) is 43.3 Å². The number of pyridine rings is 2. The Hall–Kier alpha value is -6.38. The lowest BCUT2D eigenvalue weighted by Gasteiger charge is -2.38. The van der Waals surface area contributed by atoms with Crippen LogP contribution in [-0.4, -0.2) is 9.97 Å². The van der Waals surface area contributed by atoms with Gasteiger partial charge in [0.2, 0.25) is 0 Å². The second kappa shape index (κ2) is 19.4. The Kier molecular flexibility index (Phi) is 14.1. The zero-order chi connectivity index (χ0) is 53.9. The molecule has 382 valence electrons. The molecule has 0 aliphatic carbocycles. The number of benzene rings is 6. The zero-order valence-corrected chi connectivity index (χ0v) is 48.2. The molecule has 8 aromatic rings. The predicted molar refractivity (Wildman–Crippen MR) is 316 cm³/mol. The van der Waals surface area contributed by atoms with Crippen molar-refractivity contribution in [3.05, 3.63) is 260 Å². The molecule has 0 atom stereocenters. The van der Waals surface area contributed by atoms with Crippen molar-refractivity contribution in [1.29, 1.82) is 0 Å².